The van der Waals surface area contributed by atoms with Gasteiger partial charge in [-0.1, -0.05) is 11.8 Å². The lowest BCUT2D eigenvalue weighted by Gasteiger charge is -2.19. The summed E-state index contributed by atoms with van der Waals surface area (Å²) in [6.07, 6.45) is -0.333. The molecule has 0 fully saturated rings. The minimum atomic E-state index is -0.333. The predicted octanol–water partition coefficient (Wildman–Crippen LogP) is 4.61. The van der Waals surface area contributed by atoms with Crippen molar-refractivity contribution in [1.82, 2.24) is 14.8 Å². The second-order valence-corrected chi connectivity index (χ2v) is 8.21. The number of thioether (sulfide) groups is 1. The average molecular weight is 452 g/mol. The van der Waals surface area contributed by atoms with Crippen molar-refractivity contribution >= 4 is 23.4 Å². The van der Waals surface area contributed by atoms with E-state index in [1.165, 1.54) is 11.8 Å². The number of nitrogens with zero attached hydrogens (tertiary/aromatic N) is 4. The smallest absolute Gasteiger partial charge is 0.234 e. The molecule has 1 heterocycles. The van der Waals surface area contributed by atoms with Gasteiger partial charge < -0.3 is 19.4 Å². The minimum Gasteiger partial charge on any atom is -0.497 e. The minimum absolute atomic E-state index is 0.0889. The molecule has 0 bridgehead atoms. The molecule has 3 aromatic rings. The van der Waals surface area contributed by atoms with Gasteiger partial charge in [0.2, 0.25) is 5.91 Å². The van der Waals surface area contributed by atoms with Crippen molar-refractivity contribution in [3.05, 3.63) is 59.9 Å². The van der Waals surface area contributed by atoms with Gasteiger partial charge in [-0.25, -0.2) is 0 Å². The first-order valence-corrected chi connectivity index (χ1v) is 11.1. The molecule has 0 aliphatic heterocycles. The third-order valence-electron chi connectivity index (χ3n) is 4.57. The van der Waals surface area contributed by atoms with Gasteiger partial charge in [-0.3, -0.25) is 4.79 Å². The molecule has 0 radical (unpaired) electrons. The zero-order valence-electron chi connectivity index (χ0n) is 18.4. The molecule has 0 saturated heterocycles. The van der Waals surface area contributed by atoms with Gasteiger partial charge in [-0.15, -0.1) is 10.2 Å². The van der Waals surface area contributed by atoms with E-state index in [1.807, 2.05) is 49.6 Å². The molecule has 9 heteroatoms. The number of rotatable bonds is 9. The lowest BCUT2D eigenvalue weighted by Crippen LogP contribution is -2.16. The van der Waals surface area contributed by atoms with Crippen molar-refractivity contribution in [1.29, 1.82) is 5.26 Å². The number of nitrogens with one attached hydrogen (secondary N) is 1. The maximum absolute atomic E-state index is 12.4. The van der Waals surface area contributed by atoms with Crippen LogP contribution < -0.4 is 14.8 Å². The molecule has 0 aliphatic rings. The summed E-state index contributed by atoms with van der Waals surface area (Å²) in [5, 5.41) is 21.0. The lowest BCUT2D eigenvalue weighted by atomic mass is 10.2. The molecule has 8 nitrogen and oxygen atoms in total. The van der Waals surface area contributed by atoms with E-state index < -0.39 is 0 Å². The Morgan fingerprint density at radius 2 is 1.75 bits per heavy atom. The number of methoxy groups -OCH3 is 1. The second-order valence-electron chi connectivity index (χ2n) is 7.27. The quantitative estimate of drug-likeness (QED) is 0.474. The van der Waals surface area contributed by atoms with Crippen molar-refractivity contribution < 1.29 is 14.3 Å². The van der Waals surface area contributed by atoms with Crippen LogP contribution in [0.25, 0.3) is 0 Å². The van der Waals surface area contributed by atoms with Crippen LogP contribution in [0, 0.1) is 11.3 Å². The van der Waals surface area contributed by atoms with E-state index in [0.717, 1.165) is 5.75 Å². The molecule has 3 rings (SSSR count). The molecule has 1 amide bonds. The summed E-state index contributed by atoms with van der Waals surface area (Å²) in [6.45, 7) is 5.99. The predicted molar refractivity (Wildman–Crippen MR) is 123 cm³/mol. The number of hydrogen-bond acceptors (Lipinski definition) is 7. The summed E-state index contributed by atoms with van der Waals surface area (Å²) in [7, 11) is 1.62. The highest BCUT2D eigenvalue weighted by atomic mass is 32.2. The molecule has 32 heavy (non-hydrogen) atoms. The fourth-order valence-corrected chi connectivity index (χ4v) is 3.89. The van der Waals surface area contributed by atoms with Gasteiger partial charge in [0.05, 0.1) is 24.5 Å². The molecule has 0 saturated carbocycles. The highest BCUT2D eigenvalue weighted by Crippen LogP contribution is 2.28. The van der Waals surface area contributed by atoms with E-state index in [2.05, 4.69) is 21.6 Å². The monoisotopic (exact) mass is 451 g/mol. The van der Waals surface area contributed by atoms with Crippen LogP contribution in [-0.2, 0) is 4.79 Å². The van der Waals surface area contributed by atoms with Crippen molar-refractivity contribution in [2.45, 2.75) is 38.1 Å². The van der Waals surface area contributed by atoms with Gasteiger partial charge in [-0.05, 0) is 69.3 Å². The largest absolute Gasteiger partial charge is 0.497 e. The van der Waals surface area contributed by atoms with E-state index in [-0.39, 0.29) is 23.8 Å². The number of anilines is 1. The van der Waals surface area contributed by atoms with Gasteiger partial charge in [-0.2, -0.15) is 5.26 Å². The Labute approximate surface area is 191 Å². The van der Waals surface area contributed by atoms with Gasteiger partial charge >= 0.3 is 0 Å². The molecule has 2 aromatic carbocycles. The summed E-state index contributed by atoms with van der Waals surface area (Å²) in [6, 6.07) is 16.2. The van der Waals surface area contributed by atoms with Gasteiger partial charge in [0.1, 0.15) is 11.5 Å². The number of amides is 1. The summed E-state index contributed by atoms with van der Waals surface area (Å²) >= 11 is 1.31. The molecule has 1 N–H and O–H groups in total. The summed E-state index contributed by atoms with van der Waals surface area (Å²) < 4.78 is 13.2. The van der Waals surface area contributed by atoms with Crippen LogP contribution in [0.1, 0.15) is 44.3 Å². The van der Waals surface area contributed by atoms with Crippen LogP contribution in [0.2, 0.25) is 0 Å². The normalized spacial score (nSPS) is 11.6. The number of carbonyl (C=O) groups is 1. The van der Waals surface area contributed by atoms with E-state index in [9.17, 15) is 4.79 Å². The molecule has 0 aliphatic carbocycles. The number of nitriles is 1. The second kappa shape index (κ2) is 10.7. The fourth-order valence-electron chi connectivity index (χ4n) is 3.02. The lowest BCUT2D eigenvalue weighted by molar-refractivity contribution is -0.113. The van der Waals surface area contributed by atoms with Gasteiger partial charge in [0, 0.05) is 11.7 Å². The number of benzene rings is 2. The molecule has 0 spiro atoms. The van der Waals surface area contributed by atoms with Crippen LogP contribution >= 0.6 is 11.8 Å². The van der Waals surface area contributed by atoms with Crippen molar-refractivity contribution in [3.63, 3.8) is 0 Å². The topological polar surface area (TPSA) is 102 Å². The summed E-state index contributed by atoms with van der Waals surface area (Å²) in [5.74, 6) is 2.16. The molecule has 1 unspecified atom stereocenters. The molecule has 1 aromatic heterocycles. The molecule has 1 atom stereocenters. The molecular weight excluding hydrogens is 426 g/mol. The van der Waals surface area contributed by atoms with E-state index in [0.29, 0.717) is 28.0 Å². The first-order chi connectivity index (χ1) is 15.4. The third-order valence-corrected chi connectivity index (χ3v) is 5.52. The molecule has 166 valence electrons. The highest BCUT2D eigenvalue weighted by Gasteiger charge is 2.22. The highest BCUT2D eigenvalue weighted by molar-refractivity contribution is 7.99. The maximum atomic E-state index is 12.4. The number of hydrogen-bond donors (Lipinski definition) is 1. The SMILES string of the molecule is COc1ccc(OC(C)c2nnc(SCC(=O)Nc3ccc(C#N)cc3)n2C(C)C)cc1. The third kappa shape index (κ3) is 5.80. The van der Waals surface area contributed by atoms with Crippen molar-refractivity contribution in [2.75, 3.05) is 18.2 Å². The zero-order chi connectivity index (χ0) is 23.1. The van der Waals surface area contributed by atoms with Crippen LogP contribution in [0.3, 0.4) is 0 Å². The first kappa shape index (κ1) is 23.2. The number of ether oxygens (including phenoxy) is 2. The molecular formula is C23H25N5O3S. The van der Waals surface area contributed by atoms with Crippen molar-refractivity contribution in [2.24, 2.45) is 0 Å². The van der Waals surface area contributed by atoms with E-state index in [4.69, 9.17) is 14.7 Å². The van der Waals surface area contributed by atoms with Crippen LogP contribution in [0.4, 0.5) is 5.69 Å². The van der Waals surface area contributed by atoms with Gasteiger partial charge in [0.25, 0.3) is 0 Å². The Bertz CT molecular complexity index is 1090. The number of aromatic nitrogens is 3. The standard InChI is InChI=1S/C23H25N5O3S/c1-15(2)28-22(16(3)31-20-11-9-19(30-4)10-12-20)26-27-23(28)32-14-21(29)25-18-7-5-17(13-24)6-8-18/h5-12,15-16H,14H2,1-4H3,(H,25,29). The Hall–Kier alpha value is -3.51. The van der Waals surface area contributed by atoms with Crippen LogP contribution in [-0.4, -0.2) is 33.5 Å². The summed E-state index contributed by atoms with van der Waals surface area (Å²) in [5.41, 5.74) is 1.18. The Kier molecular flexibility index (Phi) is 7.73. The summed E-state index contributed by atoms with van der Waals surface area (Å²) in [4.78, 5) is 12.4. The average Bonchev–Trinajstić information content (AvgIpc) is 3.23. The first-order valence-electron chi connectivity index (χ1n) is 10.1. The van der Waals surface area contributed by atoms with E-state index >= 15 is 0 Å². The Morgan fingerprint density at radius 1 is 1.09 bits per heavy atom. The Morgan fingerprint density at radius 3 is 2.34 bits per heavy atom. The number of carbonyl (C=O) groups excluding carboxylic acids is 1. The van der Waals surface area contributed by atoms with Crippen LogP contribution in [0.5, 0.6) is 11.5 Å². The van der Waals surface area contributed by atoms with Crippen LogP contribution in [0.15, 0.2) is 53.7 Å². The maximum Gasteiger partial charge on any atom is 0.234 e. The Balaban J connectivity index is 1.65. The van der Waals surface area contributed by atoms with E-state index in [1.54, 1.807) is 31.4 Å². The fraction of sp³-hybridized carbons (Fsp3) is 0.304. The van der Waals surface area contributed by atoms with Crippen molar-refractivity contribution in [3.8, 4) is 17.6 Å². The zero-order valence-corrected chi connectivity index (χ0v) is 19.2. The van der Waals surface area contributed by atoms with Gasteiger partial charge in [0.15, 0.2) is 17.1 Å².